The number of methoxy groups -OCH3 is 1. The van der Waals surface area contributed by atoms with E-state index in [2.05, 4.69) is 20.8 Å². The Morgan fingerprint density at radius 2 is 2.04 bits per heavy atom. The number of amides is 2. The van der Waals surface area contributed by atoms with E-state index in [1.807, 2.05) is 0 Å². The predicted molar refractivity (Wildman–Crippen MR) is 108 cm³/mol. The predicted octanol–water partition coefficient (Wildman–Crippen LogP) is 2.56. The highest BCUT2D eigenvalue weighted by atomic mass is 35.5. The molecule has 0 unspecified atom stereocenters. The fraction of sp³-hybridized carbons (Fsp3) is 0.211. The fourth-order valence-electron chi connectivity index (χ4n) is 2.71. The van der Waals surface area contributed by atoms with Crippen LogP contribution in [0.25, 0.3) is 10.9 Å². The zero-order chi connectivity index (χ0) is 20.1. The molecule has 146 valence electrons. The molecule has 0 radical (unpaired) electrons. The van der Waals surface area contributed by atoms with Crippen molar-refractivity contribution in [2.75, 3.05) is 25.5 Å². The van der Waals surface area contributed by atoms with Crippen molar-refractivity contribution in [2.24, 2.45) is 5.73 Å². The summed E-state index contributed by atoms with van der Waals surface area (Å²) in [7, 11) is 1.48. The van der Waals surface area contributed by atoms with Crippen molar-refractivity contribution < 1.29 is 14.3 Å². The second-order valence-corrected chi connectivity index (χ2v) is 6.47. The lowest BCUT2D eigenvalue weighted by molar-refractivity contribution is 0.0949. The molecule has 5 N–H and O–H groups in total. The number of anilines is 1. The quantitative estimate of drug-likeness (QED) is 0.453. The Labute approximate surface area is 166 Å². The van der Waals surface area contributed by atoms with Crippen molar-refractivity contribution in [1.29, 1.82) is 0 Å². The second-order valence-electron chi connectivity index (χ2n) is 6.03. The van der Waals surface area contributed by atoms with Crippen molar-refractivity contribution in [3.05, 3.63) is 52.7 Å². The molecule has 0 bridgehead atoms. The Balaban J connectivity index is 1.83. The number of hydrogen-bond acceptors (Lipinski definition) is 5. The van der Waals surface area contributed by atoms with Gasteiger partial charge >= 0.3 is 0 Å². The molecule has 3 aromatic rings. The SMILES string of the molecule is COc1ccc(NC(=O)c2n[nH]c3ccc(Cl)cc23)cc1C(=O)NCCCN. The van der Waals surface area contributed by atoms with E-state index >= 15 is 0 Å². The zero-order valence-electron chi connectivity index (χ0n) is 15.2. The van der Waals surface area contributed by atoms with Gasteiger partial charge in [0.1, 0.15) is 5.75 Å². The molecule has 0 atom stereocenters. The van der Waals surface area contributed by atoms with Crippen LogP contribution in [0.5, 0.6) is 5.75 Å². The number of halogens is 1. The molecule has 0 saturated heterocycles. The van der Waals surface area contributed by atoms with Gasteiger partial charge in [0.25, 0.3) is 11.8 Å². The Kier molecular flexibility index (Phi) is 6.13. The first-order valence-corrected chi connectivity index (χ1v) is 9.02. The molecular weight excluding hydrogens is 382 g/mol. The molecule has 2 aromatic carbocycles. The third-order valence-electron chi connectivity index (χ3n) is 4.11. The average molecular weight is 402 g/mol. The van der Waals surface area contributed by atoms with Crippen molar-refractivity contribution in [1.82, 2.24) is 15.5 Å². The van der Waals surface area contributed by atoms with Crippen LogP contribution in [0, 0.1) is 0 Å². The van der Waals surface area contributed by atoms with Gasteiger partial charge in [-0.15, -0.1) is 0 Å². The first-order chi connectivity index (χ1) is 13.5. The van der Waals surface area contributed by atoms with Gasteiger partial charge in [0.15, 0.2) is 5.69 Å². The van der Waals surface area contributed by atoms with Gasteiger partial charge in [0.05, 0.1) is 18.2 Å². The maximum Gasteiger partial charge on any atom is 0.276 e. The molecule has 0 fully saturated rings. The highest BCUT2D eigenvalue weighted by Crippen LogP contribution is 2.25. The molecule has 0 aliphatic carbocycles. The summed E-state index contributed by atoms with van der Waals surface area (Å²) in [6.45, 7) is 0.935. The Bertz CT molecular complexity index is 1020. The standard InChI is InChI=1S/C19H20ClN5O3/c1-28-16-6-4-12(10-14(16)18(26)22-8-2-7-21)23-19(27)17-13-9-11(20)3-5-15(13)24-25-17/h3-6,9-10H,2,7-8,21H2,1H3,(H,22,26)(H,23,27)(H,24,25). The van der Waals surface area contributed by atoms with E-state index in [-0.39, 0.29) is 11.6 Å². The molecule has 0 saturated carbocycles. The summed E-state index contributed by atoms with van der Waals surface area (Å²) in [5.74, 6) is -0.327. The number of carbonyl (C=O) groups excluding carboxylic acids is 2. The summed E-state index contributed by atoms with van der Waals surface area (Å²) in [5, 5.41) is 13.5. The molecule has 8 nitrogen and oxygen atoms in total. The lowest BCUT2D eigenvalue weighted by Gasteiger charge is -2.11. The smallest absolute Gasteiger partial charge is 0.276 e. The van der Waals surface area contributed by atoms with Gasteiger partial charge in [-0.1, -0.05) is 11.6 Å². The van der Waals surface area contributed by atoms with Gasteiger partial charge in [0, 0.05) is 22.6 Å². The first-order valence-electron chi connectivity index (χ1n) is 8.64. The second kappa shape index (κ2) is 8.73. The Morgan fingerprint density at radius 3 is 2.79 bits per heavy atom. The van der Waals surface area contributed by atoms with Crippen LogP contribution in [-0.2, 0) is 0 Å². The monoisotopic (exact) mass is 401 g/mol. The van der Waals surface area contributed by atoms with Gasteiger partial charge in [-0.2, -0.15) is 5.10 Å². The minimum Gasteiger partial charge on any atom is -0.496 e. The number of nitrogens with one attached hydrogen (secondary N) is 3. The number of aromatic amines is 1. The molecule has 1 aromatic heterocycles. The number of ether oxygens (including phenoxy) is 1. The fourth-order valence-corrected chi connectivity index (χ4v) is 2.88. The summed E-state index contributed by atoms with van der Waals surface area (Å²) in [5.41, 5.74) is 7.10. The zero-order valence-corrected chi connectivity index (χ0v) is 16.0. The van der Waals surface area contributed by atoms with Crippen LogP contribution in [0.4, 0.5) is 5.69 Å². The van der Waals surface area contributed by atoms with E-state index in [9.17, 15) is 9.59 Å². The van der Waals surface area contributed by atoms with Crippen molar-refractivity contribution >= 4 is 40.0 Å². The minimum atomic E-state index is -0.423. The van der Waals surface area contributed by atoms with E-state index in [0.717, 1.165) is 0 Å². The maximum absolute atomic E-state index is 12.7. The van der Waals surface area contributed by atoms with E-state index in [0.29, 0.717) is 52.4 Å². The average Bonchev–Trinajstić information content (AvgIpc) is 3.11. The summed E-state index contributed by atoms with van der Waals surface area (Å²) in [6, 6.07) is 9.94. The molecule has 0 spiro atoms. The number of aromatic nitrogens is 2. The molecule has 3 rings (SSSR count). The van der Waals surface area contributed by atoms with Crippen LogP contribution in [0.1, 0.15) is 27.3 Å². The number of carbonyl (C=O) groups is 2. The Morgan fingerprint density at radius 1 is 1.21 bits per heavy atom. The molecule has 0 aliphatic rings. The number of fused-ring (bicyclic) bond motifs is 1. The van der Waals surface area contributed by atoms with Crippen LogP contribution < -0.4 is 21.1 Å². The van der Waals surface area contributed by atoms with E-state index in [4.69, 9.17) is 22.1 Å². The van der Waals surface area contributed by atoms with E-state index < -0.39 is 5.91 Å². The normalized spacial score (nSPS) is 10.7. The summed E-state index contributed by atoms with van der Waals surface area (Å²) in [6.07, 6.45) is 0.666. The van der Waals surface area contributed by atoms with Gasteiger partial charge in [-0.05, 0) is 49.4 Å². The largest absolute Gasteiger partial charge is 0.496 e. The molecule has 28 heavy (non-hydrogen) atoms. The van der Waals surface area contributed by atoms with Gasteiger partial charge < -0.3 is 21.1 Å². The lowest BCUT2D eigenvalue weighted by atomic mass is 10.1. The van der Waals surface area contributed by atoms with Gasteiger partial charge in [-0.3, -0.25) is 14.7 Å². The third-order valence-corrected chi connectivity index (χ3v) is 4.34. The third kappa shape index (κ3) is 4.24. The Hall–Kier alpha value is -3.10. The number of rotatable bonds is 7. The first kappa shape index (κ1) is 19.7. The molecule has 0 aliphatic heterocycles. The number of nitrogens with two attached hydrogens (primary N) is 1. The van der Waals surface area contributed by atoms with Crippen LogP contribution >= 0.6 is 11.6 Å². The topological polar surface area (TPSA) is 122 Å². The number of hydrogen-bond donors (Lipinski definition) is 4. The van der Waals surface area contributed by atoms with E-state index in [1.165, 1.54) is 7.11 Å². The molecule has 1 heterocycles. The van der Waals surface area contributed by atoms with Crippen molar-refractivity contribution in [2.45, 2.75) is 6.42 Å². The van der Waals surface area contributed by atoms with Crippen LogP contribution in [-0.4, -0.2) is 42.2 Å². The molecule has 9 heteroatoms. The highest BCUT2D eigenvalue weighted by Gasteiger charge is 2.17. The summed E-state index contributed by atoms with van der Waals surface area (Å²) < 4.78 is 5.25. The van der Waals surface area contributed by atoms with Gasteiger partial charge in [0.2, 0.25) is 0 Å². The van der Waals surface area contributed by atoms with Crippen molar-refractivity contribution in [3.8, 4) is 5.75 Å². The van der Waals surface area contributed by atoms with Crippen molar-refractivity contribution in [3.63, 3.8) is 0 Å². The summed E-state index contributed by atoms with van der Waals surface area (Å²) in [4.78, 5) is 25.1. The highest BCUT2D eigenvalue weighted by molar-refractivity contribution is 6.31. The summed E-state index contributed by atoms with van der Waals surface area (Å²) >= 11 is 6.01. The number of nitrogens with zero attached hydrogens (tertiary/aromatic N) is 1. The number of benzene rings is 2. The van der Waals surface area contributed by atoms with E-state index in [1.54, 1.807) is 36.4 Å². The van der Waals surface area contributed by atoms with Crippen LogP contribution in [0.3, 0.4) is 0 Å². The lowest BCUT2D eigenvalue weighted by Crippen LogP contribution is -2.26. The minimum absolute atomic E-state index is 0.210. The molecular formula is C19H20ClN5O3. The van der Waals surface area contributed by atoms with Crippen LogP contribution in [0.15, 0.2) is 36.4 Å². The van der Waals surface area contributed by atoms with Crippen LogP contribution in [0.2, 0.25) is 5.02 Å². The van der Waals surface area contributed by atoms with Gasteiger partial charge in [-0.25, -0.2) is 0 Å². The molecule has 2 amide bonds. The maximum atomic E-state index is 12.7. The number of H-pyrrole nitrogens is 1.